The number of ether oxygens (including phenoxy) is 1. The summed E-state index contributed by atoms with van der Waals surface area (Å²) in [7, 11) is 0. The molecule has 170 valence electrons. The second-order valence-electron chi connectivity index (χ2n) is 8.03. The van der Waals surface area contributed by atoms with Crippen LogP contribution in [0.1, 0.15) is 44.3 Å². The number of alkyl halides is 3. The minimum Gasteiger partial charge on any atom is -0.405 e. The number of nitrogens with zero attached hydrogens (tertiary/aromatic N) is 2. The average molecular weight is 470 g/mol. The summed E-state index contributed by atoms with van der Waals surface area (Å²) in [6, 6.07) is 8.05. The highest BCUT2D eigenvalue weighted by Crippen LogP contribution is 2.40. The van der Waals surface area contributed by atoms with Crippen molar-refractivity contribution < 1.29 is 27.1 Å². The van der Waals surface area contributed by atoms with E-state index < -0.39 is 17.9 Å². The quantitative estimate of drug-likeness (QED) is 0.444. The van der Waals surface area contributed by atoms with Gasteiger partial charge >= 0.3 is 6.36 Å². The summed E-state index contributed by atoms with van der Waals surface area (Å²) in [6.45, 7) is 0. The number of H-pyrrole nitrogens is 1. The smallest absolute Gasteiger partial charge is 0.405 e. The molecule has 1 aromatic heterocycles. The molecule has 2 aliphatic rings. The number of nitrogens with one attached hydrogen (secondary N) is 1. The summed E-state index contributed by atoms with van der Waals surface area (Å²) in [5.41, 5.74) is 1.59. The second kappa shape index (κ2) is 8.27. The topological polar surface area (TPSA) is 59.5 Å². The minimum atomic E-state index is -4.93. The largest absolute Gasteiger partial charge is 0.573 e. The maximum Gasteiger partial charge on any atom is 0.573 e. The Morgan fingerprint density at radius 2 is 1.84 bits per heavy atom. The maximum atomic E-state index is 14.5. The van der Waals surface area contributed by atoms with Crippen molar-refractivity contribution >= 4 is 29.2 Å². The molecule has 1 aliphatic carbocycles. The lowest BCUT2D eigenvalue weighted by Crippen LogP contribution is -2.31. The van der Waals surface area contributed by atoms with E-state index in [-0.39, 0.29) is 29.1 Å². The molecule has 1 fully saturated rings. The van der Waals surface area contributed by atoms with Gasteiger partial charge in [0.05, 0.1) is 16.6 Å². The number of rotatable bonds is 3. The molecule has 1 aliphatic heterocycles. The van der Waals surface area contributed by atoms with Crippen molar-refractivity contribution in [3.05, 3.63) is 48.0 Å². The van der Waals surface area contributed by atoms with Gasteiger partial charge < -0.3 is 14.6 Å². The maximum absolute atomic E-state index is 14.5. The molecule has 1 saturated carbocycles. The highest BCUT2D eigenvalue weighted by Gasteiger charge is 2.41. The molecule has 0 saturated heterocycles. The number of imidazole rings is 1. The van der Waals surface area contributed by atoms with E-state index >= 15 is 0 Å². The van der Waals surface area contributed by atoms with E-state index in [1.54, 1.807) is 12.1 Å². The van der Waals surface area contributed by atoms with Crippen molar-refractivity contribution in [3.8, 4) is 16.9 Å². The van der Waals surface area contributed by atoms with Crippen molar-refractivity contribution in [3.63, 3.8) is 0 Å². The lowest BCUT2D eigenvalue weighted by atomic mass is 9.81. The predicted octanol–water partition coefficient (Wildman–Crippen LogP) is 6.52. The molecule has 3 aromatic rings. The van der Waals surface area contributed by atoms with Crippen molar-refractivity contribution in [2.75, 3.05) is 0 Å². The Morgan fingerprint density at radius 3 is 2.59 bits per heavy atom. The number of hydrogen-bond donors (Lipinski definition) is 1. The van der Waals surface area contributed by atoms with E-state index in [1.165, 1.54) is 18.6 Å². The second-order valence-corrected chi connectivity index (χ2v) is 8.03. The first-order valence-corrected chi connectivity index (χ1v) is 10.1. The van der Waals surface area contributed by atoms with E-state index in [9.17, 15) is 17.6 Å². The highest BCUT2D eigenvalue weighted by atomic mass is 35.5. The van der Waals surface area contributed by atoms with Crippen LogP contribution in [0.5, 0.6) is 5.75 Å². The summed E-state index contributed by atoms with van der Waals surface area (Å²) in [5.74, 6) is -0.858. The first-order chi connectivity index (χ1) is 14.8. The average Bonchev–Trinajstić information content (AvgIpc) is 3.31. The first-order valence-electron chi connectivity index (χ1n) is 10.1. The molecule has 5 rings (SSSR count). The lowest BCUT2D eigenvalue weighted by molar-refractivity contribution is -0.274. The third kappa shape index (κ3) is 4.26. The molecule has 0 amide bonds. The van der Waals surface area contributed by atoms with E-state index in [4.69, 9.17) is 4.84 Å². The van der Waals surface area contributed by atoms with Crippen LogP contribution in [0.2, 0.25) is 0 Å². The van der Waals surface area contributed by atoms with Gasteiger partial charge in [0.2, 0.25) is 0 Å². The fourth-order valence-electron chi connectivity index (χ4n) is 4.41. The third-order valence-electron chi connectivity index (χ3n) is 5.85. The zero-order valence-electron chi connectivity index (χ0n) is 16.8. The monoisotopic (exact) mass is 469 g/mol. The molecule has 0 unspecified atom stereocenters. The Labute approximate surface area is 187 Å². The van der Waals surface area contributed by atoms with Crippen LogP contribution in [-0.2, 0) is 4.84 Å². The Morgan fingerprint density at radius 1 is 1.06 bits per heavy atom. The van der Waals surface area contributed by atoms with Crippen LogP contribution in [0.3, 0.4) is 0 Å². The summed E-state index contributed by atoms with van der Waals surface area (Å²) in [5, 5.41) is 4.25. The number of hydrogen-bond acceptors (Lipinski definition) is 4. The minimum absolute atomic E-state index is 0. The summed E-state index contributed by atoms with van der Waals surface area (Å²) in [6.07, 6.45) is 1.07. The van der Waals surface area contributed by atoms with Gasteiger partial charge in [-0.1, -0.05) is 23.7 Å². The molecule has 2 aromatic carbocycles. The van der Waals surface area contributed by atoms with Gasteiger partial charge in [-0.2, -0.15) is 0 Å². The molecule has 10 heteroatoms. The Balaban J connectivity index is 0.00000245. The van der Waals surface area contributed by atoms with Crippen LogP contribution in [0.4, 0.5) is 17.6 Å². The molecule has 1 spiro atoms. The van der Waals surface area contributed by atoms with E-state index in [1.807, 2.05) is 0 Å². The Kier molecular flexibility index (Phi) is 5.79. The van der Waals surface area contributed by atoms with Crippen LogP contribution in [0, 0.1) is 5.82 Å². The zero-order valence-corrected chi connectivity index (χ0v) is 17.7. The number of fused-ring (bicyclic) bond motifs is 1. The normalized spacial score (nSPS) is 17.7. The Hall–Kier alpha value is -2.81. The van der Waals surface area contributed by atoms with Crippen molar-refractivity contribution in [1.82, 2.24) is 9.97 Å². The standard InChI is InChI=1S/C22H19F4N3O2.ClH/c23-14-5-4-6-18(30-22(24,25)26)19(14)13-7-8-15-16(11-13)28-20(27-15)17-12-21(31-29-17)9-2-1-3-10-21;/h4-8,11H,1-3,9-10,12H2,(H,27,28);1H. The lowest BCUT2D eigenvalue weighted by Gasteiger charge is -2.30. The van der Waals surface area contributed by atoms with Gasteiger partial charge in [0.1, 0.15) is 22.9 Å². The fraction of sp³-hybridized carbons (Fsp3) is 0.364. The van der Waals surface area contributed by atoms with Crippen LogP contribution < -0.4 is 4.74 Å². The molecule has 0 atom stereocenters. The molecular formula is C22H20ClF4N3O2. The fourth-order valence-corrected chi connectivity index (χ4v) is 4.41. The molecular weight excluding hydrogens is 450 g/mol. The summed E-state index contributed by atoms with van der Waals surface area (Å²) >= 11 is 0. The number of oxime groups is 1. The molecule has 0 bridgehead atoms. The third-order valence-corrected chi connectivity index (χ3v) is 5.85. The van der Waals surface area contributed by atoms with E-state index in [0.717, 1.165) is 37.8 Å². The van der Waals surface area contributed by atoms with Gasteiger partial charge in [0.15, 0.2) is 5.82 Å². The molecule has 32 heavy (non-hydrogen) atoms. The number of halogens is 5. The predicted molar refractivity (Wildman–Crippen MR) is 113 cm³/mol. The van der Waals surface area contributed by atoms with Gasteiger partial charge in [-0.25, -0.2) is 9.37 Å². The van der Waals surface area contributed by atoms with Gasteiger partial charge in [-0.15, -0.1) is 25.6 Å². The van der Waals surface area contributed by atoms with Crippen LogP contribution >= 0.6 is 12.4 Å². The molecule has 2 heterocycles. The first kappa shape index (κ1) is 22.4. The summed E-state index contributed by atoms with van der Waals surface area (Å²) in [4.78, 5) is 13.5. The van der Waals surface area contributed by atoms with Gasteiger partial charge in [0, 0.05) is 6.42 Å². The van der Waals surface area contributed by atoms with Gasteiger partial charge in [-0.3, -0.25) is 0 Å². The highest BCUT2D eigenvalue weighted by molar-refractivity contribution is 6.01. The number of aromatic nitrogens is 2. The summed E-state index contributed by atoms with van der Waals surface area (Å²) < 4.78 is 56.8. The van der Waals surface area contributed by atoms with E-state index in [0.29, 0.717) is 29.0 Å². The Bertz CT molecular complexity index is 1170. The van der Waals surface area contributed by atoms with Gasteiger partial charge in [-0.05, 0) is 55.5 Å². The van der Waals surface area contributed by atoms with Crippen LogP contribution in [-0.4, -0.2) is 27.6 Å². The zero-order chi connectivity index (χ0) is 21.6. The van der Waals surface area contributed by atoms with Crippen molar-refractivity contribution in [2.45, 2.75) is 50.5 Å². The van der Waals surface area contributed by atoms with Crippen molar-refractivity contribution in [2.24, 2.45) is 5.16 Å². The number of aromatic amines is 1. The van der Waals surface area contributed by atoms with Crippen LogP contribution in [0.25, 0.3) is 22.2 Å². The SMILES string of the molecule is Cl.Fc1cccc(OC(F)(F)F)c1-c1ccc2nc(C3=NOC4(CCCCC4)C3)[nH]c2c1. The molecule has 5 nitrogen and oxygen atoms in total. The van der Waals surface area contributed by atoms with Crippen molar-refractivity contribution in [1.29, 1.82) is 0 Å². The van der Waals surface area contributed by atoms with Gasteiger partial charge in [0.25, 0.3) is 0 Å². The number of benzene rings is 2. The van der Waals surface area contributed by atoms with Crippen LogP contribution in [0.15, 0.2) is 41.6 Å². The molecule has 1 N–H and O–H groups in total. The van der Waals surface area contributed by atoms with E-state index in [2.05, 4.69) is 19.9 Å². The molecule has 0 radical (unpaired) electrons.